The third-order valence-electron chi connectivity index (χ3n) is 7.05. The molecule has 0 saturated heterocycles. The lowest BCUT2D eigenvalue weighted by Gasteiger charge is -2.27. The average Bonchev–Trinajstić information content (AvgIpc) is 3.00. The van der Waals surface area contributed by atoms with Crippen molar-refractivity contribution in [3.63, 3.8) is 0 Å². The first-order valence-corrected chi connectivity index (χ1v) is 13.4. The second kappa shape index (κ2) is 12.9. The molecule has 0 spiro atoms. The molecule has 218 valence electrons. The number of nitriles is 1. The monoisotopic (exact) mass is 575 g/mol. The first-order chi connectivity index (χ1) is 20.6. The van der Waals surface area contributed by atoms with E-state index in [9.17, 15) is 14.9 Å². The van der Waals surface area contributed by atoms with Gasteiger partial charge in [0.1, 0.15) is 11.6 Å². The highest BCUT2D eigenvalue weighted by Crippen LogP contribution is 2.36. The number of hydrogen-bond acceptors (Lipinski definition) is 8. The van der Waals surface area contributed by atoms with Gasteiger partial charge in [0.05, 0.1) is 0 Å². The third-order valence-corrected chi connectivity index (χ3v) is 7.05. The summed E-state index contributed by atoms with van der Waals surface area (Å²) >= 11 is 0. The molecule has 0 aliphatic carbocycles. The van der Waals surface area contributed by atoms with Crippen LogP contribution < -0.4 is 14.7 Å². The summed E-state index contributed by atoms with van der Waals surface area (Å²) < 4.78 is 0. The van der Waals surface area contributed by atoms with Gasteiger partial charge in [-0.1, -0.05) is 24.3 Å². The smallest absolute Gasteiger partial charge is 0.278 e. The normalized spacial score (nSPS) is 14.3. The van der Waals surface area contributed by atoms with Crippen LogP contribution in [0.2, 0.25) is 0 Å². The summed E-state index contributed by atoms with van der Waals surface area (Å²) in [5, 5.41) is 18.4. The van der Waals surface area contributed by atoms with Gasteiger partial charge in [0.2, 0.25) is 5.88 Å². The van der Waals surface area contributed by atoms with Crippen LogP contribution in [0.25, 0.3) is 6.08 Å². The van der Waals surface area contributed by atoms with Crippen LogP contribution in [0.4, 0.5) is 28.4 Å². The SMILES string of the molecule is C=C(OO)N1C(=O)C(C#N)=C(C)/C(=C/C=C/c2ccc(N(c3ccc(N(C)C)cc3)c3ccc(N(C)C)cc3)cc2)C1=O. The van der Waals surface area contributed by atoms with E-state index >= 15 is 0 Å². The Hall–Kier alpha value is -5.59. The van der Waals surface area contributed by atoms with Crippen LogP contribution in [0.5, 0.6) is 0 Å². The molecule has 3 aromatic carbocycles. The van der Waals surface area contributed by atoms with Gasteiger partial charge < -0.3 is 19.6 Å². The highest BCUT2D eigenvalue weighted by Gasteiger charge is 2.38. The lowest BCUT2D eigenvalue weighted by atomic mass is 9.95. The van der Waals surface area contributed by atoms with E-state index in [-0.39, 0.29) is 16.7 Å². The second-order valence-electron chi connectivity index (χ2n) is 10.2. The van der Waals surface area contributed by atoms with Crippen LogP contribution >= 0.6 is 0 Å². The minimum absolute atomic E-state index is 0.107. The maximum absolute atomic E-state index is 13.0. The molecule has 4 rings (SSSR count). The topological polar surface area (TPSA) is 100 Å². The van der Waals surface area contributed by atoms with Gasteiger partial charge in [0.15, 0.2) is 0 Å². The molecule has 0 bridgehead atoms. The highest BCUT2D eigenvalue weighted by atomic mass is 17.1. The molecule has 3 aromatic rings. The van der Waals surface area contributed by atoms with E-state index in [0.717, 1.165) is 34.0 Å². The number of imide groups is 1. The van der Waals surface area contributed by atoms with Crippen molar-refractivity contribution in [2.24, 2.45) is 0 Å². The molecular weight excluding hydrogens is 542 g/mol. The number of anilines is 5. The quantitative estimate of drug-likeness (QED) is 0.103. The number of hydrogen-bond donors (Lipinski definition) is 1. The summed E-state index contributed by atoms with van der Waals surface area (Å²) in [6, 6.07) is 26.5. The molecule has 1 aliphatic heterocycles. The van der Waals surface area contributed by atoms with Crippen molar-refractivity contribution >= 4 is 46.3 Å². The van der Waals surface area contributed by atoms with Crippen molar-refractivity contribution < 1.29 is 19.7 Å². The predicted molar refractivity (Wildman–Crippen MR) is 170 cm³/mol. The summed E-state index contributed by atoms with van der Waals surface area (Å²) in [6.45, 7) is 4.89. The molecule has 1 N–H and O–H groups in total. The Bertz CT molecular complexity index is 1610. The molecule has 2 amide bonds. The summed E-state index contributed by atoms with van der Waals surface area (Å²) in [5.74, 6) is -2.24. The Balaban J connectivity index is 1.66. The Morgan fingerprint density at radius 3 is 1.67 bits per heavy atom. The number of carbonyl (C=O) groups is 2. The molecule has 0 fully saturated rings. The van der Waals surface area contributed by atoms with Crippen LogP contribution in [0.1, 0.15) is 12.5 Å². The van der Waals surface area contributed by atoms with E-state index in [1.165, 1.54) is 13.0 Å². The lowest BCUT2D eigenvalue weighted by Crippen LogP contribution is -2.42. The molecule has 9 heteroatoms. The van der Waals surface area contributed by atoms with Crippen molar-refractivity contribution in [3.05, 3.63) is 120 Å². The van der Waals surface area contributed by atoms with Crippen molar-refractivity contribution in [2.45, 2.75) is 6.92 Å². The number of rotatable bonds is 9. The highest BCUT2D eigenvalue weighted by molar-refractivity contribution is 6.19. The summed E-state index contributed by atoms with van der Waals surface area (Å²) in [5.41, 5.74) is 6.15. The zero-order valence-corrected chi connectivity index (χ0v) is 24.8. The van der Waals surface area contributed by atoms with Crippen molar-refractivity contribution in [3.8, 4) is 6.07 Å². The third kappa shape index (κ3) is 6.35. The Labute approximate surface area is 251 Å². The van der Waals surface area contributed by atoms with Crippen LogP contribution in [-0.2, 0) is 14.5 Å². The van der Waals surface area contributed by atoms with Gasteiger partial charge in [0.25, 0.3) is 11.8 Å². The fourth-order valence-electron chi connectivity index (χ4n) is 4.61. The van der Waals surface area contributed by atoms with Gasteiger partial charge in [-0.2, -0.15) is 5.26 Å². The molecular formula is C34H33N5O4. The van der Waals surface area contributed by atoms with Crippen molar-refractivity contribution in [1.82, 2.24) is 4.90 Å². The zero-order chi connectivity index (χ0) is 31.3. The molecule has 1 aliphatic rings. The molecule has 9 nitrogen and oxygen atoms in total. The summed E-state index contributed by atoms with van der Waals surface area (Å²) in [4.78, 5) is 36.3. The van der Waals surface area contributed by atoms with Gasteiger partial charge in [-0.3, -0.25) is 9.59 Å². The van der Waals surface area contributed by atoms with E-state index in [2.05, 4.69) is 74.7 Å². The molecule has 0 unspecified atom stereocenters. The Morgan fingerprint density at radius 1 is 0.814 bits per heavy atom. The van der Waals surface area contributed by atoms with E-state index in [0.29, 0.717) is 4.90 Å². The fraction of sp³-hybridized carbons (Fsp3) is 0.147. The van der Waals surface area contributed by atoms with Gasteiger partial charge in [-0.05, 0) is 91.4 Å². The van der Waals surface area contributed by atoms with E-state index < -0.39 is 17.7 Å². The average molecular weight is 576 g/mol. The first kappa shape index (κ1) is 30.4. The summed E-state index contributed by atoms with van der Waals surface area (Å²) in [6.07, 6.45) is 4.98. The number of benzene rings is 3. The summed E-state index contributed by atoms with van der Waals surface area (Å²) in [7, 11) is 8.04. The maximum atomic E-state index is 13.0. The second-order valence-corrected chi connectivity index (χ2v) is 10.2. The van der Waals surface area contributed by atoms with E-state index in [1.807, 2.05) is 64.6 Å². The minimum atomic E-state index is -0.905. The molecule has 0 atom stereocenters. The fourth-order valence-corrected chi connectivity index (χ4v) is 4.61. The number of nitrogens with zero attached hydrogens (tertiary/aromatic N) is 5. The van der Waals surface area contributed by atoms with Crippen LogP contribution in [0, 0.1) is 11.3 Å². The standard InChI is InChI=1S/C34H33N5O4/c1-23-31(33(40)38(24(2)43-42)34(41)32(23)22-35)9-7-8-25-10-12-28(13-11-25)39(29-18-14-26(15-19-29)36(3)4)30-20-16-27(17-21-30)37(5)6/h7-21,42H,2H2,1,3-6H3/b8-7+,31-9-. The molecule has 0 saturated carbocycles. The largest absolute Gasteiger partial charge is 0.378 e. The van der Waals surface area contributed by atoms with Gasteiger partial charge in [-0.25, -0.2) is 10.2 Å². The Kier molecular flexibility index (Phi) is 9.14. The maximum Gasteiger partial charge on any atom is 0.278 e. The molecule has 0 radical (unpaired) electrons. The van der Waals surface area contributed by atoms with Crippen molar-refractivity contribution in [2.75, 3.05) is 42.9 Å². The number of allylic oxidation sites excluding steroid dienone is 2. The first-order valence-electron chi connectivity index (χ1n) is 13.4. The van der Waals surface area contributed by atoms with Crippen LogP contribution in [0.15, 0.2) is 114 Å². The predicted octanol–water partition coefficient (Wildman–Crippen LogP) is 6.40. The number of amides is 2. The minimum Gasteiger partial charge on any atom is -0.378 e. The van der Waals surface area contributed by atoms with Crippen molar-refractivity contribution in [1.29, 1.82) is 5.26 Å². The van der Waals surface area contributed by atoms with E-state index in [1.54, 1.807) is 6.08 Å². The van der Waals surface area contributed by atoms with E-state index in [4.69, 9.17) is 5.26 Å². The molecule has 43 heavy (non-hydrogen) atoms. The van der Waals surface area contributed by atoms with Crippen LogP contribution in [0.3, 0.4) is 0 Å². The Morgan fingerprint density at radius 2 is 1.26 bits per heavy atom. The van der Waals surface area contributed by atoms with Gasteiger partial charge in [0, 0.05) is 62.2 Å². The zero-order valence-electron chi connectivity index (χ0n) is 24.8. The number of carbonyl (C=O) groups excluding carboxylic acids is 2. The van der Waals surface area contributed by atoms with Crippen LogP contribution in [-0.4, -0.2) is 50.2 Å². The molecule has 1 heterocycles. The van der Waals surface area contributed by atoms with Gasteiger partial charge in [-0.15, -0.1) is 0 Å². The molecule has 0 aromatic heterocycles. The van der Waals surface area contributed by atoms with Gasteiger partial charge >= 0.3 is 0 Å². The lowest BCUT2D eigenvalue weighted by molar-refractivity contribution is -0.222.